The Morgan fingerprint density at radius 1 is 1.24 bits per heavy atom. The van der Waals surface area contributed by atoms with Crippen molar-refractivity contribution in [2.45, 2.75) is 33.7 Å². The number of benzene rings is 2. The summed E-state index contributed by atoms with van der Waals surface area (Å²) in [6, 6.07) is 12.1. The molecular weight excluding hydrogens is 328 g/mol. The number of aryl methyl sites for hydroxylation is 3. The summed E-state index contributed by atoms with van der Waals surface area (Å²) < 4.78 is 3.03. The number of hydrogen-bond acceptors (Lipinski definition) is 2. The van der Waals surface area contributed by atoms with E-state index in [0.717, 1.165) is 27.8 Å². The monoisotopic (exact) mass is 348 g/mol. The third kappa shape index (κ3) is 3.42. The quantitative estimate of drug-likeness (QED) is 0.651. The molecule has 3 nitrogen and oxygen atoms in total. The second-order valence-corrected chi connectivity index (χ2v) is 7.07. The van der Waals surface area contributed by atoms with Crippen LogP contribution in [0.3, 0.4) is 0 Å². The van der Waals surface area contributed by atoms with Crippen molar-refractivity contribution in [3.8, 4) is 12.3 Å². The van der Waals surface area contributed by atoms with Crippen LogP contribution in [0.15, 0.2) is 41.4 Å². The minimum absolute atomic E-state index is 0.228. The molecule has 1 heterocycles. The lowest BCUT2D eigenvalue weighted by atomic mass is 10.1. The third-order valence-electron chi connectivity index (χ3n) is 4.23. The summed E-state index contributed by atoms with van der Waals surface area (Å²) in [5, 5.41) is 0. The number of carbonyl (C=O) groups is 1. The van der Waals surface area contributed by atoms with Gasteiger partial charge in [-0.3, -0.25) is 4.79 Å². The Hall–Kier alpha value is -2.64. The summed E-state index contributed by atoms with van der Waals surface area (Å²) in [6.45, 7) is 6.42. The zero-order valence-electron chi connectivity index (χ0n) is 14.7. The normalized spacial score (nSPS) is 11.7. The largest absolute Gasteiger partial charge is 0.305 e. The van der Waals surface area contributed by atoms with Crippen molar-refractivity contribution in [2.75, 3.05) is 0 Å². The van der Waals surface area contributed by atoms with Crippen LogP contribution in [0, 0.1) is 26.2 Å². The van der Waals surface area contributed by atoms with Crippen molar-refractivity contribution in [3.05, 3.63) is 63.5 Å². The van der Waals surface area contributed by atoms with Gasteiger partial charge < -0.3 is 4.57 Å². The molecule has 0 aliphatic carbocycles. The number of terminal acetylenes is 1. The maximum atomic E-state index is 12.7. The number of nitrogens with zero attached hydrogens (tertiary/aromatic N) is 2. The summed E-state index contributed by atoms with van der Waals surface area (Å²) in [7, 11) is 0. The molecule has 3 aromatic rings. The van der Waals surface area contributed by atoms with E-state index >= 15 is 0 Å². The van der Waals surface area contributed by atoms with E-state index in [1.807, 2.05) is 36.6 Å². The molecule has 0 saturated heterocycles. The second-order valence-electron chi connectivity index (χ2n) is 6.07. The van der Waals surface area contributed by atoms with Gasteiger partial charge in [-0.2, -0.15) is 4.99 Å². The smallest absolute Gasteiger partial charge is 0.279 e. The molecule has 4 heteroatoms. The molecule has 1 aromatic heterocycles. The van der Waals surface area contributed by atoms with Crippen LogP contribution in [-0.4, -0.2) is 10.5 Å². The Morgan fingerprint density at radius 2 is 2.04 bits per heavy atom. The van der Waals surface area contributed by atoms with Gasteiger partial charge in [0.05, 0.1) is 16.8 Å². The highest BCUT2D eigenvalue weighted by molar-refractivity contribution is 7.16. The Bertz CT molecular complexity index is 1060. The van der Waals surface area contributed by atoms with E-state index in [2.05, 4.69) is 36.0 Å². The molecule has 0 spiro atoms. The number of fused-ring (bicyclic) bond motifs is 1. The standard InChI is InChI=1S/C21H20N2OS/c1-5-11-23-18-10-9-16(6-2)13-19(18)25-21(23)22-20(24)17-12-14(3)7-8-15(17)4/h1,7-10,12-13H,6,11H2,2-4H3. The SMILES string of the molecule is C#CCn1c(=NC(=O)c2cc(C)ccc2C)sc2cc(CC)ccc21. The number of aromatic nitrogens is 1. The van der Waals surface area contributed by atoms with Crippen molar-refractivity contribution in [1.82, 2.24) is 4.57 Å². The van der Waals surface area contributed by atoms with Crippen molar-refractivity contribution < 1.29 is 4.79 Å². The van der Waals surface area contributed by atoms with Crippen LogP contribution in [0.2, 0.25) is 0 Å². The maximum absolute atomic E-state index is 12.7. The highest BCUT2D eigenvalue weighted by Crippen LogP contribution is 2.20. The number of carbonyl (C=O) groups excluding carboxylic acids is 1. The fourth-order valence-electron chi connectivity index (χ4n) is 2.78. The topological polar surface area (TPSA) is 34.4 Å². The number of hydrogen-bond donors (Lipinski definition) is 0. The molecule has 0 fully saturated rings. The Balaban J connectivity index is 2.18. The molecule has 0 N–H and O–H groups in total. The fraction of sp³-hybridized carbons (Fsp3) is 0.238. The van der Waals surface area contributed by atoms with E-state index in [9.17, 15) is 4.79 Å². The van der Waals surface area contributed by atoms with E-state index < -0.39 is 0 Å². The Labute approximate surface area is 151 Å². The fourth-order valence-corrected chi connectivity index (χ4v) is 3.87. The molecule has 0 aliphatic rings. The molecule has 0 saturated carbocycles. The van der Waals surface area contributed by atoms with Crippen molar-refractivity contribution >= 4 is 27.5 Å². The van der Waals surface area contributed by atoms with Crippen LogP contribution in [0.25, 0.3) is 10.2 Å². The first kappa shape index (κ1) is 17.2. The van der Waals surface area contributed by atoms with Crippen LogP contribution in [0.1, 0.15) is 34.0 Å². The highest BCUT2D eigenvalue weighted by atomic mass is 32.1. The molecule has 0 unspecified atom stereocenters. The Morgan fingerprint density at radius 3 is 2.76 bits per heavy atom. The molecule has 0 radical (unpaired) electrons. The van der Waals surface area contributed by atoms with Gasteiger partial charge in [-0.1, -0.05) is 47.9 Å². The average Bonchev–Trinajstić information content (AvgIpc) is 2.93. The van der Waals surface area contributed by atoms with E-state index in [-0.39, 0.29) is 5.91 Å². The number of rotatable bonds is 3. The summed E-state index contributed by atoms with van der Waals surface area (Å²) >= 11 is 1.51. The van der Waals surface area contributed by atoms with Crippen molar-refractivity contribution in [1.29, 1.82) is 0 Å². The summed E-state index contributed by atoms with van der Waals surface area (Å²) in [5.74, 6) is 2.44. The maximum Gasteiger partial charge on any atom is 0.279 e. The van der Waals surface area contributed by atoms with Crippen LogP contribution >= 0.6 is 11.3 Å². The van der Waals surface area contributed by atoms with E-state index in [0.29, 0.717) is 16.9 Å². The molecule has 0 atom stereocenters. The first-order valence-electron chi connectivity index (χ1n) is 8.25. The zero-order chi connectivity index (χ0) is 18.0. The first-order valence-corrected chi connectivity index (χ1v) is 9.07. The van der Waals surface area contributed by atoms with Crippen molar-refractivity contribution in [2.24, 2.45) is 4.99 Å². The minimum Gasteiger partial charge on any atom is -0.305 e. The zero-order valence-corrected chi connectivity index (χ0v) is 15.5. The molecule has 2 aromatic carbocycles. The lowest BCUT2D eigenvalue weighted by Crippen LogP contribution is -2.16. The van der Waals surface area contributed by atoms with Gasteiger partial charge in [0.15, 0.2) is 4.80 Å². The van der Waals surface area contributed by atoms with Gasteiger partial charge in [-0.05, 0) is 49.6 Å². The van der Waals surface area contributed by atoms with Gasteiger partial charge in [0, 0.05) is 5.56 Å². The van der Waals surface area contributed by atoms with E-state index in [4.69, 9.17) is 6.42 Å². The second kappa shape index (κ2) is 7.08. The van der Waals surface area contributed by atoms with Crippen LogP contribution < -0.4 is 4.80 Å². The number of thiazole rings is 1. The minimum atomic E-state index is -0.228. The molecular formula is C21H20N2OS. The van der Waals surface area contributed by atoms with E-state index in [1.165, 1.54) is 16.9 Å². The highest BCUT2D eigenvalue weighted by Gasteiger charge is 2.11. The molecule has 1 amide bonds. The van der Waals surface area contributed by atoms with Gasteiger partial charge in [0.2, 0.25) is 0 Å². The molecule has 3 rings (SSSR count). The van der Waals surface area contributed by atoms with Crippen LogP contribution in [-0.2, 0) is 13.0 Å². The molecule has 0 aliphatic heterocycles. The average molecular weight is 348 g/mol. The first-order chi connectivity index (χ1) is 12.0. The summed E-state index contributed by atoms with van der Waals surface area (Å²) in [6.07, 6.45) is 6.50. The summed E-state index contributed by atoms with van der Waals surface area (Å²) in [4.78, 5) is 17.8. The summed E-state index contributed by atoms with van der Waals surface area (Å²) in [5.41, 5.74) is 4.89. The van der Waals surface area contributed by atoms with Gasteiger partial charge in [-0.25, -0.2) is 0 Å². The van der Waals surface area contributed by atoms with Gasteiger partial charge in [0.25, 0.3) is 5.91 Å². The van der Waals surface area contributed by atoms with Crippen LogP contribution in [0.4, 0.5) is 0 Å². The van der Waals surface area contributed by atoms with Gasteiger partial charge in [-0.15, -0.1) is 6.42 Å². The third-order valence-corrected chi connectivity index (χ3v) is 5.27. The molecule has 126 valence electrons. The predicted octanol–water partition coefficient (Wildman–Crippen LogP) is 4.26. The van der Waals surface area contributed by atoms with Crippen molar-refractivity contribution in [3.63, 3.8) is 0 Å². The van der Waals surface area contributed by atoms with Crippen LogP contribution in [0.5, 0.6) is 0 Å². The number of amides is 1. The Kier molecular flexibility index (Phi) is 4.87. The predicted molar refractivity (Wildman–Crippen MR) is 104 cm³/mol. The lowest BCUT2D eigenvalue weighted by Gasteiger charge is -2.03. The van der Waals surface area contributed by atoms with Gasteiger partial charge >= 0.3 is 0 Å². The molecule has 0 bridgehead atoms. The van der Waals surface area contributed by atoms with Gasteiger partial charge in [0.1, 0.15) is 0 Å². The molecule has 25 heavy (non-hydrogen) atoms. The lowest BCUT2D eigenvalue weighted by molar-refractivity contribution is 0.0997. The van der Waals surface area contributed by atoms with E-state index in [1.54, 1.807) is 0 Å².